The van der Waals surface area contributed by atoms with Crippen molar-refractivity contribution < 1.29 is 32.7 Å². The molecule has 1 aromatic carbocycles. The molecule has 0 saturated heterocycles. The van der Waals surface area contributed by atoms with Gasteiger partial charge in [0.25, 0.3) is 5.69 Å². The Balaban J connectivity index is 0.000000445. The number of hydrogen-bond acceptors (Lipinski definition) is 6. The van der Waals surface area contributed by atoms with Gasteiger partial charge < -0.3 is 14.7 Å². The van der Waals surface area contributed by atoms with Crippen LogP contribution in [0.5, 0.6) is 5.75 Å². The van der Waals surface area contributed by atoms with E-state index in [1.807, 2.05) is 14.1 Å². The van der Waals surface area contributed by atoms with E-state index in [-0.39, 0.29) is 5.69 Å². The number of aliphatic carboxylic acids is 1. The molecule has 0 fully saturated rings. The van der Waals surface area contributed by atoms with Crippen LogP contribution in [0, 0.1) is 10.1 Å². The van der Waals surface area contributed by atoms with Gasteiger partial charge in [-0.3, -0.25) is 15.1 Å². The van der Waals surface area contributed by atoms with E-state index in [9.17, 15) is 23.3 Å². The van der Waals surface area contributed by atoms with Gasteiger partial charge in [-0.15, -0.1) is 0 Å². The standard InChI is InChI=1S/C14H17N3O3.C2HF3O2/c1-16(2)8-3-9-20-14-6-7-15-13-10-11(17(18)19)4-5-12(13)14;3-2(4,5)1(6)7/h4-7,10H,3,8-9H2,1-2H3;(H,6,7). The van der Waals surface area contributed by atoms with Crippen LogP contribution in [-0.2, 0) is 4.79 Å². The first-order valence-electron chi connectivity index (χ1n) is 7.63. The number of carboxylic acid groups (broad SMARTS) is 1. The maximum absolute atomic E-state index is 10.7. The zero-order valence-corrected chi connectivity index (χ0v) is 14.6. The SMILES string of the molecule is CN(C)CCCOc1ccnc2cc([N+](=O)[O-])ccc12.O=C(O)C(F)(F)F. The van der Waals surface area contributed by atoms with E-state index < -0.39 is 17.1 Å². The third-order valence-corrected chi connectivity index (χ3v) is 3.15. The Morgan fingerprint density at radius 2 is 1.96 bits per heavy atom. The molecule has 0 radical (unpaired) electrons. The monoisotopic (exact) mass is 389 g/mol. The summed E-state index contributed by atoms with van der Waals surface area (Å²) in [5.41, 5.74) is 0.610. The number of carbonyl (C=O) groups is 1. The number of nitrogens with zero attached hydrogens (tertiary/aromatic N) is 3. The van der Waals surface area contributed by atoms with Crippen LogP contribution in [0.4, 0.5) is 18.9 Å². The van der Waals surface area contributed by atoms with Gasteiger partial charge in [-0.05, 0) is 32.6 Å². The lowest BCUT2D eigenvalue weighted by Gasteiger charge is -2.11. The van der Waals surface area contributed by atoms with E-state index in [0.717, 1.165) is 18.4 Å². The number of ether oxygens (including phenoxy) is 1. The molecule has 1 aromatic heterocycles. The topological polar surface area (TPSA) is 106 Å². The van der Waals surface area contributed by atoms with Crippen LogP contribution in [0.15, 0.2) is 30.5 Å². The number of hydrogen-bond donors (Lipinski definition) is 1. The molecule has 0 aliphatic rings. The predicted molar refractivity (Wildman–Crippen MR) is 90.8 cm³/mol. The van der Waals surface area contributed by atoms with Gasteiger partial charge in [0, 0.05) is 30.3 Å². The fraction of sp³-hybridized carbons (Fsp3) is 0.375. The Hall–Kier alpha value is -2.95. The third-order valence-electron chi connectivity index (χ3n) is 3.15. The highest BCUT2D eigenvalue weighted by Crippen LogP contribution is 2.27. The summed E-state index contributed by atoms with van der Waals surface area (Å²) < 4.78 is 37.5. The van der Waals surface area contributed by atoms with Crippen molar-refractivity contribution in [3.8, 4) is 5.75 Å². The Bertz CT molecular complexity index is 796. The van der Waals surface area contributed by atoms with Crippen molar-refractivity contribution in [3.63, 3.8) is 0 Å². The van der Waals surface area contributed by atoms with Gasteiger partial charge >= 0.3 is 12.1 Å². The summed E-state index contributed by atoms with van der Waals surface area (Å²) in [4.78, 5) is 25.5. The van der Waals surface area contributed by atoms with Gasteiger partial charge in [-0.25, -0.2) is 4.79 Å². The molecule has 0 aliphatic heterocycles. The molecule has 2 aromatic rings. The molecule has 0 amide bonds. The van der Waals surface area contributed by atoms with Crippen LogP contribution in [0.3, 0.4) is 0 Å². The molecular weight excluding hydrogens is 371 g/mol. The molecular formula is C16H18F3N3O5. The van der Waals surface area contributed by atoms with Gasteiger partial charge in [0.2, 0.25) is 0 Å². The van der Waals surface area contributed by atoms with E-state index in [2.05, 4.69) is 9.88 Å². The number of carboxylic acids is 1. The molecule has 2 rings (SSSR count). The largest absolute Gasteiger partial charge is 0.493 e. The number of aromatic nitrogens is 1. The van der Waals surface area contributed by atoms with Crippen LogP contribution in [-0.4, -0.2) is 59.3 Å². The third kappa shape index (κ3) is 7.44. The summed E-state index contributed by atoms with van der Waals surface area (Å²) in [5.74, 6) is -2.05. The van der Waals surface area contributed by atoms with Gasteiger partial charge in [-0.1, -0.05) is 0 Å². The van der Waals surface area contributed by atoms with E-state index in [4.69, 9.17) is 14.6 Å². The first-order chi connectivity index (χ1) is 12.5. The fourth-order valence-electron chi connectivity index (χ4n) is 1.91. The first-order valence-corrected chi connectivity index (χ1v) is 7.63. The average Bonchev–Trinajstić information content (AvgIpc) is 2.57. The van der Waals surface area contributed by atoms with Crippen molar-refractivity contribution >= 4 is 22.6 Å². The highest BCUT2D eigenvalue weighted by molar-refractivity contribution is 5.86. The highest BCUT2D eigenvalue weighted by Gasteiger charge is 2.38. The molecule has 0 atom stereocenters. The summed E-state index contributed by atoms with van der Waals surface area (Å²) >= 11 is 0. The average molecular weight is 389 g/mol. The van der Waals surface area contributed by atoms with Crippen molar-refractivity contribution in [3.05, 3.63) is 40.6 Å². The minimum Gasteiger partial charge on any atom is -0.493 e. The molecule has 0 aliphatic carbocycles. The fourth-order valence-corrected chi connectivity index (χ4v) is 1.91. The number of nitro benzene ring substituents is 1. The number of pyridine rings is 1. The van der Waals surface area contributed by atoms with Crippen molar-refractivity contribution in [1.29, 1.82) is 0 Å². The lowest BCUT2D eigenvalue weighted by atomic mass is 10.2. The maximum Gasteiger partial charge on any atom is 0.490 e. The van der Waals surface area contributed by atoms with Crippen LogP contribution in [0.2, 0.25) is 0 Å². The molecule has 0 unspecified atom stereocenters. The van der Waals surface area contributed by atoms with E-state index in [1.54, 1.807) is 18.3 Å². The molecule has 8 nitrogen and oxygen atoms in total. The zero-order chi connectivity index (χ0) is 20.6. The first kappa shape index (κ1) is 22.1. The van der Waals surface area contributed by atoms with Crippen LogP contribution < -0.4 is 4.74 Å². The molecule has 148 valence electrons. The molecule has 27 heavy (non-hydrogen) atoms. The smallest absolute Gasteiger partial charge is 0.490 e. The van der Waals surface area contributed by atoms with Crippen molar-refractivity contribution in [1.82, 2.24) is 9.88 Å². The number of alkyl halides is 3. The number of rotatable bonds is 6. The predicted octanol–water partition coefficient (Wildman–Crippen LogP) is 3.11. The molecule has 0 spiro atoms. The van der Waals surface area contributed by atoms with Crippen molar-refractivity contribution in [2.45, 2.75) is 12.6 Å². The minimum absolute atomic E-state index is 0.0368. The number of fused-ring (bicyclic) bond motifs is 1. The second-order valence-corrected chi connectivity index (χ2v) is 5.58. The van der Waals surface area contributed by atoms with Gasteiger partial charge in [0.15, 0.2) is 0 Å². The van der Waals surface area contributed by atoms with Gasteiger partial charge in [-0.2, -0.15) is 13.2 Å². The summed E-state index contributed by atoms with van der Waals surface area (Å²) in [5, 5.41) is 18.7. The Morgan fingerprint density at radius 3 is 2.48 bits per heavy atom. The summed E-state index contributed by atoms with van der Waals surface area (Å²) in [6.45, 7) is 1.56. The highest BCUT2D eigenvalue weighted by atomic mass is 19.4. The number of non-ortho nitro benzene ring substituents is 1. The van der Waals surface area contributed by atoms with Crippen molar-refractivity contribution in [2.24, 2.45) is 0 Å². The molecule has 0 bridgehead atoms. The molecule has 11 heteroatoms. The lowest BCUT2D eigenvalue weighted by Crippen LogP contribution is -2.21. The second kappa shape index (κ2) is 9.67. The zero-order valence-electron chi connectivity index (χ0n) is 14.6. The Kier molecular flexibility index (Phi) is 7.91. The quantitative estimate of drug-likeness (QED) is 0.460. The Labute approximate surface area is 152 Å². The van der Waals surface area contributed by atoms with Gasteiger partial charge in [0.05, 0.1) is 17.0 Å². The molecule has 1 N–H and O–H groups in total. The normalized spacial score (nSPS) is 11.0. The molecule has 0 saturated carbocycles. The van der Waals surface area contributed by atoms with Crippen LogP contribution >= 0.6 is 0 Å². The van der Waals surface area contributed by atoms with Gasteiger partial charge in [0.1, 0.15) is 5.75 Å². The molecule has 1 heterocycles. The van der Waals surface area contributed by atoms with E-state index in [0.29, 0.717) is 17.9 Å². The summed E-state index contributed by atoms with van der Waals surface area (Å²) in [6, 6.07) is 6.39. The van der Waals surface area contributed by atoms with Crippen LogP contribution in [0.1, 0.15) is 6.42 Å². The summed E-state index contributed by atoms with van der Waals surface area (Å²) in [6.07, 6.45) is -2.56. The van der Waals surface area contributed by atoms with Crippen LogP contribution in [0.25, 0.3) is 10.9 Å². The number of nitro groups is 1. The maximum atomic E-state index is 10.7. The Morgan fingerprint density at radius 1 is 1.33 bits per heavy atom. The number of halogens is 3. The second-order valence-electron chi connectivity index (χ2n) is 5.58. The lowest BCUT2D eigenvalue weighted by molar-refractivity contribution is -0.384. The number of benzene rings is 1. The van der Waals surface area contributed by atoms with E-state index in [1.165, 1.54) is 12.1 Å². The summed E-state index contributed by atoms with van der Waals surface area (Å²) in [7, 11) is 4.03. The van der Waals surface area contributed by atoms with Crippen molar-refractivity contribution in [2.75, 3.05) is 27.2 Å². The van der Waals surface area contributed by atoms with E-state index >= 15 is 0 Å². The minimum atomic E-state index is -5.08.